The minimum absolute atomic E-state index is 0.167. The van der Waals surface area contributed by atoms with E-state index in [1.54, 1.807) is 12.1 Å². The van der Waals surface area contributed by atoms with Crippen molar-refractivity contribution in [3.8, 4) is 5.75 Å². The predicted molar refractivity (Wildman–Crippen MR) is 126 cm³/mol. The van der Waals surface area contributed by atoms with E-state index in [9.17, 15) is 13.2 Å². The maximum Gasteiger partial charge on any atom is 0.264 e. The van der Waals surface area contributed by atoms with Crippen LogP contribution < -0.4 is 14.4 Å². The highest BCUT2D eigenvalue weighted by Gasteiger charge is 2.28. The van der Waals surface area contributed by atoms with Crippen LogP contribution in [-0.2, 0) is 21.2 Å². The monoisotopic (exact) mass is 450 g/mol. The molecule has 6 nitrogen and oxygen atoms in total. The smallest absolute Gasteiger partial charge is 0.264 e. The number of hydrogen-bond acceptors (Lipinski definition) is 4. The molecule has 7 heteroatoms. The summed E-state index contributed by atoms with van der Waals surface area (Å²) in [6, 6.07) is 19.6. The molecule has 1 aliphatic heterocycles. The van der Waals surface area contributed by atoms with Crippen molar-refractivity contribution in [2.45, 2.75) is 31.6 Å². The molecule has 1 aliphatic rings. The largest absolute Gasteiger partial charge is 0.484 e. The van der Waals surface area contributed by atoms with E-state index in [4.69, 9.17) is 4.74 Å². The molecule has 0 atom stereocenters. The molecule has 0 bridgehead atoms. The number of fused-ring (bicyclic) bond motifs is 1. The van der Waals surface area contributed by atoms with E-state index in [0.29, 0.717) is 12.3 Å². The molecule has 0 spiro atoms. The van der Waals surface area contributed by atoms with Gasteiger partial charge in [0.15, 0.2) is 6.61 Å². The Morgan fingerprint density at radius 3 is 2.38 bits per heavy atom. The average molecular weight is 451 g/mol. The maximum atomic E-state index is 13.2. The Morgan fingerprint density at radius 1 is 0.969 bits per heavy atom. The van der Waals surface area contributed by atoms with E-state index in [1.807, 2.05) is 56.3 Å². The van der Waals surface area contributed by atoms with Gasteiger partial charge in [0.2, 0.25) is 0 Å². The number of hydrogen-bond donors (Lipinski definition) is 1. The van der Waals surface area contributed by atoms with Gasteiger partial charge in [-0.3, -0.25) is 9.10 Å². The Labute approximate surface area is 188 Å². The number of sulfonamides is 1. The van der Waals surface area contributed by atoms with Crippen molar-refractivity contribution in [2.75, 3.05) is 22.8 Å². The molecular formula is C25H26N2O4S. The van der Waals surface area contributed by atoms with E-state index < -0.39 is 10.0 Å². The molecule has 0 aromatic heterocycles. The SMILES string of the molecule is Cc1cccc(C)c1NC(=O)COc1ccc(S(=O)(=O)N2CCCc3ccccc32)cc1. The first kappa shape index (κ1) is 21.9. The van der Waals surface area contributed by atoms with Crippen LogP contribution in [0.15, 0.2) is 71.6 Å². The molecule has 0 unspecified atom stereocenters. The number of rotatable bonds is 6. The Balaban J connectivity index is 1.43. The van der Waals surface area contributed by atoms with Crippen molar-refractivity contribution in [1.29, 1.82) is 0 Å². The average Bonchev–Trinajstić information content (AvgIpc) is 2.80. The normalized spacial score (nSPS) is 13.4. The van der Waals surface area contributed by atoms with Crippen LogP contribution >= 0.6 is 0 Å². The molecule has 0 radical (unpaired) electrons. The van der Waals surface area contributed by atoms with Crippen LogP contribution in [0, 0.1) is 13.8 Å². The molecule has 0 fully saturated rings. The van der Waals surface area contributed by atoms with Crippen LogP contribution in [0.3, 0.4) is 0 Å². The summed E-state index contributed by atoms with van der Waals surface area (Å²) >= 11 is 0. The second-order valence-electron chi connectivity index (χ2n) is 7.88. The van der Waals surface area contributed by atoms with Crippen LogP contribution in [0.25, 0.3) is 0 Å². The summed E-state index contributed by atoms with van der Waals surface area (Å²) in [5, 5.41) is 2.87. The molecule has 0 saturated heterocycles. The third kappa shape index (κ3) is 4.48. The molecule has 166 valence electrons. The van der Waals surface area contributed by atoms with Gasteiger partial charge in [0.1, 0.15) is 5.75 Å². The Morgan fingerprint density at radius 2 is 1.66 bits per heavy atom. The zero-order chi connectivity index (χ0) is 22.7. The molecule has 4 rings (SSSR count). The van der Waals surface area contributed by atoms with Gasteiger partial charge >= 0.3 is 0 Å². The molecule has 0 saturated carbocycles. The van der Waals surface area contributed by atoms with Gasteiger partial charge in [-0.2, -0.15) is 0 Å². The minimum Gasteiger partial charge on any atom is -0.484 e. The first-order valence-electron chi connectivity index (χ1n) is 10.6. The predicted octanol–water partition coefficient (Wildman–Crippen LogP) is 4.46. The zero-order valence-corrected chi connectivity index (χ0v) is 19.0. The Bertz CT molecular complexity index is 1220. The quantitative estimate of drug-likeness (QED) is 0.602. The van der Waals surface area contributed by atoms with Gasteiger partial charge in [-0.05, 0) is 73.7 Å². The highest BCUT2D eigenvalue weighted by molar-refractivity contribution is 7.92. The Kier molecular flexibility index (Phi) is 6.19. The lowest BCUT2D eigenvalue weighted by Crippen LogP contribution is -2.35. The Hall–Kier alpha value is -3.32. The fraction of sp³-hybridized carbons (Fsp3) is 0.240. The van der Waals surface area contributed by atoms with Crippen molar-refractivity contribution in [2.24, 2.45) is 0 Å². The number of carbonyl (C=O) groups excluding carboxylic acids is 1. The van der Waals surface area contributed by atoms with E-state index in [2.05, 4.69) is 5.32 Å². The number of anilines is 2. The van der Waals surface area contributed by atoms with E-state index >= 15 is 0 Å². The van der Waals surface area contributed by atoms with Crippen LogP contribution in [-0.4, -0.2) is 27.5 Å². The minimum atomic E-state index is -3.68. The van der Waals surface area contributed by atoms with E-state index in [-0.39, 0.29) is 17.4 Å². The number of nitrogens with one attached hydrogen (secondary N) is 1. The lowest BCUT2D eigenvalue weighted by Gasteiger charge is -2.30. The number of benzene rings is 3. The number of ether oxygens (including phenoxy) is 1. The lowest BCUT2D eigenvalue weighted by atomic mass is 10.0. The number of nitrogens with zero attached hydrogens (tertiary/aromatic N) is 1. The van der Waals surface area contributed by atoms with Crippen LogP contribution in [0.4, 0.5) is 11.4 Å². The third-order valence-corrected chi connectivity index (χ3v) is 7.42. The molecule has 1 N–H and O–H groups in total. The standard InChI is InChI=1S/C25H26N2O4S/c1-18-7-5-8-19(2)25(18)26-24(28)17-31-21-12-14-22(15-13-21)32(29,30)27-16-6-10-20-9-3-4-11-23(20)27/h3-5,7-9,11-15H,6,10,16-17H2,1-2H3,(H,26,28). The summed E-state index contributed by atoms with van der Waals surface area (Å²) in [6.07, 6.45) is 1.66. The molecule has 0 aliphatic carbocycles. The summed E-state index contributed by atoms with van der Waals surface area (Å²) in [7, 11) is -3.68. The molecule has 1 heterocycles. The van der Waals surface area contributed by atoms with Crippen LogP contribution in [0.1, 0.15) is 23.1 Å². The topological polar surface area (TPSA) is 75.7 Å². The first-order chi connectivity index (χ1) is 15.4. The van der Waals surface area contributed by atoms with Gasteiger partial charge in [0, 0.05) is 12.2 Å². The van der Waals surface area contributed by atoms with Crippen molar-refractivity contribution in [3.63, 3.8) is 0 Å². The van der Waals surface area contributed by atoms with Crippen molar-refractivity contribution >= 4 is 27.3 Å². The van der Waals surface area contributed by atoms with Crippen LogP contribution in [0.2, 0.25) is 0 Å². The molecule has 1 amide bonds. The maximum absolute atomic E-state index is 13.2. The van der Waals surface area contributed by atoms with Crippen molar-refractivity contribution in [1.82, 2.24) is 0 Å². The van der Waals surface area contributed by atoms with E-state index in [0.717, 1.165) is 40.9 Å². The van der Waals surface area contributed by atoms with Gasteiger partial charge in [-0.25, -0.2) is 8.42 Å². The van der Waals surface area contributed by atoms with E-state index in [1.165, 1.54) is 16.4 Å². The van der Waals surface area contributed by atoms with Gasteiger partial charge < -0.3 is 10.1 Å². The van der Waals surface area contributed by atoms with Gasteiger partial charge in [-0.1, -0.05) is 36.4 Å². The van der Waals surface area contributed by atoms with Gasteiger partial charge in [0.05, 0.1) is 10.6 Å². The number of para-hydroxylation sites is 2. The molecular weight excluding hydrogens is 424 g/mol. The van der Waals surface area contributed by atoms with Gasteiger partial charge in [-0.15, -0.1) is 0 Å². The summed E-state index contributed by atoms with van der Waals surface area (Å²) in [6.45, 7) is 4.15. The highest BCUT2D eigenvalue weighted by Crippen LogP contribution is 2.32. The molecule has 3 aromatic carbocycles. The summed E-state index contributed by atoms with van der Waals surface area (Å²) in [5.74, 6) is 0.156. The molecule has 32 heavy (non-hydrogen) atoms. The van der Waals surface area contributed by atoms with Crippen molar-refractivity contribution < 1.29 is 17.9 Å². The summed E-state index contributed by atoms with van der Waals surface area (Å²) < 4.78 is 33.5. The first-order valence-corrected chi connectivity index (χ1v) is 12.0. The van der Waals surface area contributed by atoms with Crippen LogP contribution in [0.5, 0.6) is 5.75 Å². The van der Waals surface area contributed by atoms with Crippen molar-refractivity contribution in [3.05, 3.63) is 83.4 Å². The zero-order valence-electron chi connectivity index (χ0n) is 18.2. The number of amides is 1. The lowest BCUT2D eigenvalue weighted by molar-refractivity contribution is -0.118. The summed E-state index contributed by atoms with van der Waals surface area (Å²) in [5.41, 5.74) is 4.52. The second-order valence-corrected chi connectivity index (χ2v) is 9.75. The fourth-order valence-corrected chi connectivity index (χ4v) is 5.46. The highest BCUT2D eigenvalue weighted by atomic mass is 32.2. The number of aryl methyl sites for hydroxylation is 3. The second kappa shape index (κ2) is 9.04. The number of carbonyl (C=O) groups is 1. The third-order valence-electron chi connectivity index (χ3n) is 5.59. The molecule has 3 aromatic rings. The summed E-state index contributed by atoms with van der Waals surface area (Å²) in [4.78, 5) is 12.5. The van der Waals surface area contributed by atoms with Gasteiger partial charge in [0.25, 0.3) is 15.9 Å². The fourth-order valence-electron chi connectivity index (χ4n) is 3.92.